The first kappa shape index (κ1) is 8.16. The van der Waals surface area contributed by atoms with E-state index >= 15 is 0 Å². The van der Waals surface area contributed by atoms with Crippen molar-refractivity contribution in [2.24, 2.45) is 11.8 Å². The predicted octanol–water partition coefficient (Wildman–Crippen LogP) is -1.32. The van der Waals surface area contributed by atoms with Gasteiger partial charge in [-0.25, -0.2) is 0 Å². The van der Waals surface area contributed by atoms with Crippen molar-refractivity contribution in [1.29, 1.82) is 0 Å². The number of Topliss-reactive ketones (excluding diaryl/α,β-unsaturated/α-hetero) is 1. The highest BCUT2D eigenvalue weighted by atomic mass is 16.3. The highest BCUT2D eigenvalue weighted by Gasteiger charge is 2.52. The van der Waals surface area contributed by atoms with Crippen molar-refractivity contribution in [2.75, 3.05) is 0 Å². The summed E-state index contributed by atoms with van der Waals surface area (Å²) in [5, 5.41) is 28.2. The Morgan fingerprint density at radius 3 is 1.83 bits per heavy atom. The van der Waals surface area contributed by atoms with Gasteiger partial charge in [-0.15, -0.1) is 0 Å². The highest BCUT2D eigenvalue weighted by molar-refractivity contribution is 5.89. The van der Waals surface area contributed by atoms with Gasteiger partial charge in [0.05, 0.1) is 6.10 Å². The molecule has 2 fully saturated rings. The van der Waals surface area contributed by atoms with Crippen LogP contribution in [0.15, 0.2) is 0 Å². The van der Waals surface area contributed by atoms with Crippen LogP contribution in [-0.2, 0) is 4.79 Å². The second-order valence-corrected chi connectivity index (χ2v) is 3.69. The van der Waals surface area contributed by atoms with Gasteiger partial charge in [0.1, 0.15) is 12.2 Å². The van der Waals surface area contributed by atoms with Crippen LogP contribution in [0.25, 0.3) is 0 Å². The maximum Gasteiger partial charge on any atom is 0.190 e. The fourth-order valence-corrected chi connectivity index (χ4v) is 2.33. The van der Waals surface area contributed by atoms with Crippen molar-refractivity contribution in [3.63, 3.8) is 0 Å². The van der Waals surface area contributed by atoms with Gasteiger partial charge in [-0.3, -0.25) is 4.79 Å². The Kier molecular flexibility index (Phi) is 1.71. The van der Waals surface area contributed by atoms with Crippen molar-refractivity contribution in [2.45, 2.75) is 31.2 Å². The van der Waals surface area contributed by atoms with Crippen LogP contribution < -0.4 is 0 Å². The Balaban J connectivity index is 2.29. The van der Waals surface area contributed by atoms with Crippen LogP contribution in [0.1, 0.15) is 12.8 Å². The molecule has 0 aromatic carbocycles. The summed E-state index contributed by atoms with van der Waals surface area (Å²) in [5.41, 5.74) is 0. The van der Waals surface area contributed by atoms with Crippen LogP contribution >= 0.6 is 0 Å². The molecule has 0 aromatic heterocycles. The summed E-state index contributed by atoms with van der Waals surface area (Å²) in [6.07, 6.45) is -1.75. The average molecular weight is 172 g/mol. The first-order valence-corrected chi connectivity index (χ1v) is 4.21. The summed E-state index contributed by atoms with van der Waals surface area (Å²) in [5.74, 6) is -1.20. The maximum atomic E-state index is 11.1. The third-order valence-electron chi connectivity index (χ3n) is 3.10. The van der Waals surface area contributed by atoms with E-state index in [0.717, 1.165) is 0 Å². The number of aliphatic hydroxyl groups excluding tert-OH is 3. The SMILES string of the molecule is O=C1[C@@H](O)[C@H]2CC[C@H](C2O)[C@H]1O. The number of carbonyl (C=O) groups excluding carboxylic acids is 1. The molecule has 2 saturated carbocycles. The molecule has 5 atom stereocenters. The molecule has 1 unspecified atom stereocenters. The van der Waals surface area contributed by atoms with E-state index in [9.17, 15) is 20.1 Å². The topological polar surface area (TPSA) is 77.8 Å². The minimum absolute atomic E-state index is 0.342. The zero-order valence-corrected chi connectivity index (χ0v) is 6.55. The van der Waals surface area contributed by atoms with E-state index in [1.165, 1.54) is 0 Å². The molecule has 2 aliphatic carbocycles. The second kappa shape index (κ2) is 2.52. The van der Waals surface area contributed by atoms with Gasteiger partial charge >= 0.3 is 0 Å². The lowest BCUT2D eigenvalue weighted by atomic mass is 9.81. The van der Waals surface area contributed by atoms with Gasteiger partial charge < -0.3 is 15.3 Å². The minimum atomic E-state index is -1.16. The Hall–Kier alpha value is -0.450. The monoisotopic (exact) mass is 172 g/mol. The minimum Gasteiger partial charge on any atom is -0.392 e. The number of hydrogen-bond acceptors (Lipinski definition) is 4. The Bertz CT molecular complexity index is 195. The van der Waals surface area contributed by atoms with E-state index in [1.807, 2.05) is 0 Å². The molecular formula is C8H12O4. The van der Waals surface area contributed by atoms with E-state index in [0.29, 0.717) is 12.8 Å². The molecule has 0 heterocycles. The average Bonchev–Trinajstić information content (AvgIpc) is 2.38. The zero-order chi connectivity index (χ0) is 8.88. The highest BCUT2D eigenvalue weighted by Crippen LogP contribution is 2.40. The van der Waals surface area contributed by atoms with Gasteiger partial charge in [-0.1, -0.05) is 0 Å². The van der Waals surface area contributed by atoms with Crippen LogP contribution in [-0.4, -0.2) is 39.4 Å². The van der Waals surface area contributed by atoms with Crippen LogP contribution in [0.3, 0.4) is 0 Å². The number of ketones is 1. The van der Waals surface area contributed by atoms with E-state index in [-0.39, 0.29) is 11.8 Å². The third-order valence-corrected chi connectivity index (χ3v) is 3.10. The second-order valence-electron chi connectivity index (χ2n) is 3.69. The summed E-state index contributed by atoms with van der Waals surface area (Å²) in [4.78, 5) is 11.1. The third kappa shape index (κ3) is 0.856. The van der Waals surface area contributed by atoms with Crippen LogP contribution in [0, 0.1) is 11.8 Å². The number of fused-ring (bicyclic) bond motifs is 2. The van der Waals surface area contributed by atoms with Crippen LogP contribution in [0.5, 0.6) is 0 Å². The summed E-state index contributed by atoms with van der Waals surface area (Å²) in [7, 11) is 0. The molecule has 4 nitrogen and oxygen atoms in total. The fraction of sp³-hybridized carbons (Fsp3) is 0.875. The molecule has 0 aliphatic heterocycles. The predicted molar refractivity (Wildman–Crippen MR) is 39.2 cm³/mol. The van der Waals surface area contributed by atoms with Crippen molar-refractivity contribution < 1.29 is 20.1 Å². The van der Waals surface area contributed by atoms with Gasteiger partial charge in [0.25, 0.3) is 0 Å². The molecule has 0 radical (unpaired) electrons. The van der Waals surface area contributed by atoms with Crippen LogP contribution in [0.2, 0.25) is 0 Å². The Morgan fingerprint density at radius 1 is 1.00 bits per heavy atom. The molecule has 0 aromatic rings. The number of aliphatic hydroxyl groups is 3. The number of rotatable bonds is 0. The molecule has 68 valence electrons. The molecule has 2 aliphatic rings. The van der Waals surface area contributed by atoms with Crippen molar-refractivity contribution in [3.05, 3.63) is 0 Å². The summed E-state index contributed by atoms with van der Waals surface area (Å²) >= 11 is 0. The Labute approximate surface area is 69.8 Å². The van der Waals surface area contributed by atoms with Crippen molar-refractivity contribution in [1.82, 2.24) is 0 Å². The first-order valence-electron chi connectivity index (χ1n) is 4.21. The van der Waals surface area contributed by atoms with Gasteiger partial charge in [-0.05, 0) is 12.8 Å². The smallest absolute Gasteiger partial charge is 0.190 e. The normalized spacial score (nSPS) is 52.9. The molecule has 2 bridgehead atoms. The van der Waals surface area contributed by atoms with Crippen LogP contribution in [0.4, 0.5) is 0 Å². The van der Waals surface area contributed by atoms with E-state index in [2.05, 4.69) is 0 Å². The van der Waals surface area contributed by atoms with Crippen molar-refractivity contribution >= 4 is 5.78 Å². The first-order chi connectivity index (χ1) is 5.63. The maximum absolute atomic E-state index is 11.1. The van der Waals surface area contributed by atoms with E-state index < -0.39 is 24.1 Å². The molecule has 0 amide bonds. The Morgan fingerprint density at radius 2 is 1.42 bits per heavy atom. The summed E-state index contributed by atoms with van der Waals surface area (Å²) < 4.78 is 0. The summed E-state index contributed by atoms with van der Waals surface area (Å²) in [6, 6.07) is 0. The molecule has 0 spiro atoms. The van der Waals surface area contributed by atoms with E-state index in [1.54, 1.807) is 0 Å². The zero-order valence-electron chi connectivity index (χ0n) is 6.55. The van der Waals surface area contributed by atoms with Gasteiger partial charge in [-0.2, -0.15) is 0 Å². The molecule has 4 heteroatoms. The fourth-order valence-electron chi connectivity index (χ4n) is 2.33. The molecule has 12 heavy (non-hydrogen) atoms. The standard InChI is InChI=1S/C8H12O4/c9-5-3-1-2-4(5)7(11)8(12)6(3)10/h3-7,9-11H,1-2H2/t3-,4+,5?,6-,7+. The molecular weight excluding hydrogens is 160 g/mol. The lowest BCUT2D eigenvalue weighted by molar-refractivity contribution is -0.153. The number of carbonyl (C=O) groups is 1. The lowest BCUT2D eigenvalue weighted by Crippen LogP contribution is -2.51. The van der Waals surface area contributed by atoms with Gasteiger partial charge in [0.2, 0.25) is 0 Å². The largest absolute Gasteiger partial charge is 0.392 e. The molecule has 3 N–H and O–H groups in total. The quantitative estimate of drug-likeness (QED) is 0.423. The number of hydrogen-bond donors (Lipinski definition) is 3. The van der Waals surface area contributed by atoms with Gasteiger partial charge in [0, 0.05) is 11.8 Å². The van der Waals surface area contributed by atoms with Gasteiger partial charge in [0.15, 0.2) is 5.78 Å². The molecule has 2 rings (SSSR count). The van der Waals surface area contributed by atoms with E-state index in [4.69, 9.17) is 0 Å². The lowest BCUT2D eigenvalue weighted by Gasteiger charge is -2.32. The summed E-state index contributed by atoms with van der Waals surface area (Å²) in [6.45, 7) is 0. The van der Waals surface area contributed by atoms with Crippen molar-refractivity contribution in [3.8, 4) is 0 Å². The molecule has 0 saturated heterocycles.